The maximum Gasteiger partial charge on any atom is 0.279 e. The number of anilines is 1. The van der Waals surface area contributed by atoms with E-state index in [0.29, 0.717) is 6.42 Å². The van der Waals surface area contributed by atoms with E-state index in [9.17, 15) is 18.0 Å². The van der Waals surface area contributed by atoms with E-state index >= 15 is 0 Å². The normalized spacial score (nSPS) is 21.6. The smallest absolute Gasteiger partial charge is 0.279 e. The van der Waals surface area contributed by atoms with Gasteiger partial charge in [-0.3, -0.25) is 9.59 Å². The van der Waals surface area contributed by atoms with Crippen LogP contribution in [0.25, 0.3) is 0 Å². The van der Waals surface area contributed by atoms with Crippen LogP contribution in [-0.4, -0.2) is 68.9 Å². The number of nitrogens with one attached hydrogen (secondary N) is 2. The first-order valence-electron chi connectivity index (χ1n) is 10.3. The molecule has 8 heteroatoms. The summed E-state index contributed by atoms with van der Waals surface area (Å²) in [6.07, 6.45) is 2.40. The molecule has 3 rings (SSSR count). The third kappa shape index (κ3) is 5.57. The second-order valence-corrected chi connectivity index (χ2v) is 11.0. The molecule has 0 bridgehead atoms. The number of sulfone groups is 1. The summed E-state index contributed by atoms with van der Waals surface area (Å²) in [4.78, 5) is 28.0. The van der Waals surface area contributed by atoms with E-state index in [-0.39, 0.29) is 48.5 Å². The van der Waals surface area contributed by atoms with E-state index in [1.807, 2.05) is 40.0 Å². The van der Waals surface area contributed by atoms with E-state index < -0.39 is 9.84 Å². The van der Waals surface area contributed by atoms with Gasteiger partial charge >= 0.3 is 0 Å². The van der Waals surface area contributed by atoms with Crippen LogP contribution >= 0.6 is 0 Å². The molecule has 2 N–H and O–H groups in total. The number of carbonyl (C=O) groups excluding carboxylic acids is 2. The predicted octanol–water partition coefficient (Wildman–Crippen LogP) is 0.243. The van der Waals surface area contributed by atoms with Gasteiger partial charge in [-0.25, -0.2) is 8.42 Å². The fourth-order valence-electron chi connectivity index (χ4n) is 4.30. The molecule has 1 heterocycles. The molecule has 2 amide bonds. The van der Waals surface area contributed by atoms with Crippen LogP contribution in [0.2, 0.25) is 0 Å². The van der Waals surface area contributed by atoms with Crippen molar-refractivity contribution in [3.8, 4) is 0 Å². The lowest BCUT2D eigenvalue weighted by Crippen LogP contribution is -3.11. The summed E-state index contributed by atoms with van der Waals surface area (Å²) in [7, 11) is -1.22. The van der Waals surface area contributed by atoms with Crippen molar-refractivity contribution in [1.82, 2.24) is 4.90 Å². The van der Waals surface area contributed by atoms with Gasteiger partial charge in [0.2, 0.25) is 0 Å². The SMILES string of the molecule is Cc1cc(C)c(NC(=O)C[NH+](C)CC(=O)N(C2CC2)[C@H]2CCS(=O)(=O)C2)c(C)c1. The monoisotopic (exact) mass is 422 g/mol. The Morgan fingerprint density at radius 3 is 2.21 bits per heavy atom. The predicted molar refractivity (Wildman–Crippen MR) is 113 cm³/mol. The number of aryl methyl sites for hydroxylation is 3. The van der Waals surface area contributed by atoms with Crippen LogP contribution < -0.4 is 10.2 Å². The first-order chi connectivity index (χ1) is 13.6. The van der Waals surface area contributed by atoms with Crippen molar-refractivity contribution in [1.29, 1.82) is 0 Å². The van der Waals surface area contributed by atoms with Gasteiger partial charge in [0.05, 0.1) is 18.6 Å². The Hall–Kier alpha value is -1.93. The van der Waals surface area contributed by atoms with Crippen molar-refractivity contribution in [2.45, 2.75) is 52.1 Å². The minimum absolute atomic E-state index is 0.0532. The molecule has 0 spiro atoms. The summed E-state index contributed by atoms with van der Waals surface area (Å²) < 4.78 is 23.7. The zero-order valence-corrected chi connectivity index (χ0v) is 18.6. The average Bonchev–Trinajstić information content (AvgIpc) is 3.34. The van der Waals surface area contributed by atoms with Gasteiger partial charge in [0, 0.05) is 17.8 Å². The van der Waals surface area contributed by atoms with Crippen LogP contribution in [0.5, 0.6) is 0 Å². The lowest BCUT2D eigenvalue weighted by molar-refractivity contribution is -0.862. The molecular formula is C21H32N3O4S+. The molecule has 0 radical (unpaired) electrons. The quantitative estimate of drug-likeness (QED) is 0.659. The molecule has 1 aliphatic carbocycles. The zero-order valence-electron chi connectivity index (χ0n) is 17.7. The molecule has 1 saturated carbocycles. The Labute approximate surface area is 173 Å². The number of amides is 2. The van der Waals surface area contributed by atoms with E-state index in [2.05, 4.69) is 5.32 Å². The number of likely N-dealkylation sites (N-methyl/N-ethyl adjacent to an activating group) is 1. The summed E-state index contributed by atoms with van der Waals surface area (Å²) in [5.74, 6) is 0.0456. The summed E-state index contributed by atoms with van der Waals surface area (Å²) in [6, 6.07) is 4.03. The zero-order chi connectivity index (χ0) is 21.3. The fraction of sp³-hybridized carbons (Fsp3) is 0.619. The summed E-state index contributed by atoms with van der Waals surface area (Å²) >= 11 is 0. The lowest BCUT2D eigenvalue weighted by Gasteiger charge is -2.29. The fourth-order valence-corrected chi connectivity index (χ4v) is 6.01. The largest absolute Gasteiger partial charge is 0.331 e. The minimum Gasteiger partial charge on any atom is -0.331 e. The first kappa shape index (κ1) is 21.8. The Morgan fingerprint density at radius 1 is 1.07 bits per heavy atom. The van der Waals surface area contributed by atoms with Crippen LogP contribution in [0.4, 0.5) is 5.69 Å². The Balaban J connectivity index is 1.57. The van der Waals surface area contributed by atoms with Gasteiger partial charge in [0.25, 0.3) is 11.8 Å². The summed E-state index contributed by atoms with van der Waals surface area (Å²) in [5.41, 5.74) is 4.02. The number of quaternary nitrogens is 1. The Bertz CT molecular complexity index is 885. The first-order valence-corrected chi connectivity index (χ1v) is 12.1. The average molecular weight is 423 g/mol. The number of rotatable bonds is 7. The van der Waals surface area contributed by atoms with Crippen molar-refractivity contribution >= 4 is 27.3 Å². The van der Waals surface area contributed by atoms with Gasteiger partial charge in [-0.1, -0.05) is 17.7 Å². The topological polar surface area (TPSA) is 88.0 Å². The second kappa shape index (κ2) is 8.44. The highest BCUT2D eigenvalue weighted by Crippen LogP contribution is 2.32. The highest BCUT2D eigenvalue weighted by atomic mass is 32.2. The summed E-state index contributed by atoms with van der Waals surface area (Å²) in [5, 5.41) is 2.98. The molecule has 7 nitrogen and oxygen atoms in total. The maximum atomic E-state index is 12.9. The molecule has 2 aliphatic rings. The molecular weight excluding hydrogens is 390 g/mol. The van der Waals surface area contributed by atoms with Crippen molar-refractivity contribution in [3.63, 3.8) is 0 Å². The van der Waals surface area contributed by atoms with E-state index in [1.165, 1.54) is 0 Å². The molecule has 1 aliphatic heterocycles. The van der Waals surface area contributed by atoms with Crippen molar-refractivity contribution < 1.29 is 22.9 Å². The molecule has 1 aromatic carbocycles. The van der Waals surface area contributed by atoms with Crippen LogP contribution in [0.15, 0.2) is 12.1 Å². The molecule has 1 aromatic rings. The third-order valence-electron chi connectivity index (χ3n) is 5.69. The second-order valence-electron chi connectivity index (χ2n) is 8.72. The number of benzene rings is 1. The number of nitrogens with zero attached hydrogens (tertiary/aromatic N) is 1. The highest BCUT2D eigenvalue weighted by Gasteiger charge is 2.42. The van der Waals surface area contributed by atoms with E-state index in [0.717, 1.165) is 40.1 Å². The van der Waals surface area contributed by atoms with E-state index in [1.54, 1.807) is 4.90 Å². The molecule has 1 saturated heterocycles. The molecule has 29 heavy (non-hydrogen) atoms. The molecule has 2 atom stereocenters. The molecule has 1 unspecified atom stereocenters. The minimum atomic E-state index is -3.04. The van der Waals surface area contributed by atoms with Crippen molar-refractivity contribution in [3.05, 3.63) is 28.8 Å². The Morgan fingerprint density at radius 2 is 1.69 bits per heavy atom. The molecule has 2 fully saturated rings. The maximum absolute atomic E-state index is 12.9. The van der Waals surface area contributed by atoms with Crippen LogP contribution in [0.1, 0.15) is 36.0 Å². The number of carbonyl (C=O) groups is 2. The standard InChI is InChI=1S/C21H31N3O4S/c1-14-9-15(2)21(16(3)10-14)22-19(25)11-23(4)12-20(26)24(17-5-6-17)18-7-8-29(27,28)13-18/h9-10,17-18H,5-8,11-13H2,1-4H3,(H,22,25)/p+1/t18-/m0/s1. The lowest BCUT2D eigenvalue weighted by atomic mass is 10.1. The van der Waals surface area contributed by atoms with Gasteiger partial charge in [-0.05, 0) is 51.2 Å². The van der Waals surface area contributed by atoms with Gasteiger partial charge in [0.1, 0.15) is 0 Å². The van der Waals surface area contributed by atoms with Crippen LogP contribution in [0.3, 0.4) is 0 Å². The van der Waals surface area contributed by atoms with Crippen molar-refractivity contribution in [2.75, 3.05) is 37.0 Å². The van der Waals surface area contributed by atoms with Gasteiger partial charge in [-0.15, -0.1) is 0 Å². The van der Waals surface area contributed by atoms with Crippen LogP contribution in [0, 0.1) is 20.8 Å². The van der Waals surface area contributed by atoms with Gasteiger partial charge < -0.3 is 15.1 Å². The van der Waals surface area contributed by atoms with Crippen LogP contribution in [-0.2, 0) is 19.4 Å². The number of hydrogen-bond donors (Lipinski definition) is 2. The van der Waals surface area contributed by atoms with E-state index in [4.69, 9.17) is 0 Å². The Kier molecular flexibility index (Phi) is 6.33. The third-order valence-corrected chi connectivity index (χ3v) is 7.44. The summed E-state index contributed by atoms with van der Waals surface area (Å²) in [6.45, 7) is 6.33. The highest BCUT2D eigenvalue weighted by molar-refractivity contribution is 7.91. The van der Waals surface area contributed by atoms with Gasteiger partial charge in [-0.2, -0.15) is 0 Å². The molecule has 160 valence electrons. The van der Waals surface area contributed by atoms with Crippen molar-refractivity contribution in [2.24, 2.45) is 0 Å². The molecule has 0 aromatic heterocycles. The number of hydrogen-bond acceptors (Lipinski definition) is 4. The van der Waals surface area contributed by atoms with Gasteiger partial charge in [0.15, 0.2) is 22.9 Å².